The molecule has 0 atom stereocenters. The predicted octanol–water partition coefficient (Wildman–Crippen LogP) is 5.13. The molecule has 4 aromatic rings. The smallest absolute Gasteiger partial charge is 0.214 e. The third-order valence-electron chi connectivity index (χ3n) is 4.96. The second-order valence-corrected chi connectivity index (χ2v) is 6.30. The Labute approximate surface area is 145 Å². The van der Waals surface area contributed by atoms with Crippen LogP contribution in [0.3, 0.4) is 0 Å². The van der Waals surface area contributed by atoms with Gasteiger partial charge in [0.15, 0.2) is 0 Å². The van der Waals surface area contributed by atoms with Crippen LogP contribution in [0.5, 0.6) is 0 Å². The van der Waals surface area contributed by atoms with Crippen LogP contribution in [0.4, 0.5) is 5.69 Å². The maximum absolute atomic E-state index is 12.7. The van der Waals surface area contributed by atoms with Crippen molar-refractivity contribution >= 4 is 39.0 Å². The van der Waals surface area contributed by atoms with E-state index in [0.29, 0.717) is 11.3 Å². The summed E-state index contributed by atoms with van der Waals surface area (Å²) in [6.07, 6.45) is 0. The number of benzene rings is 3. The first-order valence-electron chi connectivity index (χ1n) is 8.51. The van der Waals surface area contributed by atoms with E-state index < -0.39 is 0 Å². The molecule has 0 saturated carbocycles. The molecule has 0 saturated heterocycles. The van der Waals surface area contributed by atoms with Crippen LogP contribution in [0.15, 0.2) is 71.7 Å². The first-order chi connectivity index (χ1) is 12.3. The van der Waals surface area contributed by atoms with E-state index in [0.717, 1.165) is 17.8 Å². The standard InChI is InChI=1S/C22H16N2O/c1-2-24-19-10-6-4-7-15(19)17-13-14(11-12-20(17)24)21-22(25)16-8-3-5-9-18(16)23-21/h3-13H,2H2,1H3. The molecule has 120 valence electrons. The van der Waals surface area contributed by atoms with Gasteiger partial charge in [0.25, 0.3) is 0 Å². The van der Waals surface area contributed by atoms with Gasteiger partial charge in [0.05, 0.1) is 5.69 Å². The molecule has 25 heavy (non-hydrogen) atoms. The number of carbonyl (C=O) groups excluding carboxylic acids is 1. The molecule has 1 aliphatic heterocycles. The molecule has 1 aliphatic rings. The zero-order valence-electron chi connectivity index (χ0n) is 13.9. The van der Waals surface area contributed by atoms with E-state index in [9.17, 15) is 4.79 Å². The SMILES string of the molecule is CCn1c2ccccc2c2cc(C3=Nc4ccccc4C3=O)ccc21. The summed E-state index contributed by atoms with van der Waals surface area (Å²) in [6.45, 7) is 3.07. The molecular weight excluding hydrogens is 308 g/mol. The van der Waals surface area contributed by atoms with Crippen molar-refractivity contribution in [3.05, 3.63) is 77.9 Å². The number of Topliss-reactive ketones (excluding diaryl/α,β-unsaturated/α-hetero) is 1. The van der Waals surface area contributed by atoms with Crippen molar-refractivity contribution in [3.63, 3.8) is 0 Å². The molecule has 0 fully saturated rings. The number of rotatable bonds is 2. The molecule has 0 bridgehead atoms. The van der Waals surface area contributed by atoms with E-state index in [1.807, 2.05) is 30.3 Å². The Kier molecular flexibility index (Phi) is 2.92. The molecule has 3 nitrogen and oxygen atoms in total. The van der Waals surface area contributed by atoms with Crippen LogP contribution in [-0.2, 0) is 6.54 Å². The van der Waals surface area contributed by atoms with Crippen molar-refractivity contribution in [2.45, 2.75) is 13.5 Å². The Balaban J connectivity index is 1.75. The van der Waals surface area contributed by atoms with Gasteiger partial charge < -0.3 is 4.57 Å². The molecule has 0 spiro atoms. The molecule has 1 aromatic heterocycles. The Morgan fingerprint density at radius 2 is 1.64 bits per heavy atom. The van der Waals surface area contributed by atoms with Crippen LogP contribution < -0.4 is 0 Å². The second-order valence-electron chi connectivity index (χ2n) is 6.30. The van der Waals surface area contributed by atoms with E-state index in [2.05, 4.69) is 52.9 Å². The number of hydrogen-bond donors (Lipinski definition) is 0. The van der Waals surface area contributed by atoms with Gasteiger partial charge in [-0.3, -0.25) is 4.79 Å². The minimum absolute atomic E-state index is 0.00850. The van der Waals surface area contributed by atoms with Gasteiger partial charge in [0.2, 0.25) is 5.78 Å². The van der Waals surface area contributed by atoms with Gasteiger partial charge in [-0.25, -0.2) is 4.99 Å². The average molecular weight is 324 g/mol. The lowest BCUT2D eigenvalue weighted by molar-refractivity contribution is 0.107. The Morgan fingerprint density at radius 1 is 0.880 bits per heavy atom. The van der Waals surface area contributed by atoms with Crippen molar-refractivity contribution in [2.75, 3.05) is 0 Å². The fraction of sp³-hybridized carbons (Fsp3) is 0.0909. The zero-order chi connectivity index (χ0) is 17.0. The minimum atomic E-state index is 0.00850. The topological polar surface area (TPSA) is 34.4 Å². The number of aryl methyl sites for hydroxylation is 1. The lowest BCUT2D eigenvalue weighted by Gasteiger charge is -2.04. The van der Waals surface area contributed by atoms with Gasteiger partial charge in [0.1, 0.15) is 5.71 Å². The molecule has 0 aliphatic carbocycles. The van der Waals surface area contributed by atoms with Crippen LogP contribution in [0.25, 0.3) is 21.8 Å². The minimum Gasteiger partial charge on any atom is -0.341 e. The van der Waals surface area contributed by atoms with Crippen molar-refractivity contribution in [1.82, 2.24) is 4.57 Å². The molecule has 0 N–H and O–H groups in total. The maximum Gasteiger partial charge on any atom is 0.214 e. The fourth-order valence-corrected chi connectivity index (χ4v) is 3.80. The van der Waals surface area contributed by atoms with Gasteiger partial charge in [0, 0.05) is 39.5 Å². The Hall–Kier alpha value is -3.20. The first kappa shape index (κ1) is 14.2. The van der Waals surface area contributed by atoms with Gasteiger partial charge in [-0.1, -0.05) is 36.4 Å². The summed E-state index contributed by atoms with van der Waals surface area (Å²) in [7, 11) is 0. The summed E-state index contributed by atoms with van der Waals surface area (Å²) in [5, 5.41) is 2.38. The fourth-order valence-electron chi connectivity index (χ4n) is 3.80. The summed E-state index contributed by atoms with van der Waals surface area (Å²) in [4.78, 5) is 17.3. The van der Waals surface area contributed by atoms with E-state index in [1.165, 1.54) is 21.8 Å². The van der Waals surface area contributed by atoms with Gasteiger partial charge in [-0.05, 0) is 37.3 Å². The van der Waals surface area contributed by atoms with Gasteiger partial charge in [-0.15, -0.1) is 0 Å². The highest BCUT2D eigenvalue weighted by Gasteiger charge is 2.25. The van der Waals surface area contributed by atoms with E-state index in [4.69, 9.17) is 0 Å². The maximum atomic E-state index is 12.7. The molecular formula is C22H16N2O. The number of hydrogen-bond acceptors (Lipinski definition) is 2. The highest BCUT2D eigenvalue weighted by atomic mass is 16.1. The van der Waals surface area contributed by atoms with Crippen LogP contribution in [-0.4, -0.2) is 16.1 Å². The number of ketones is 1. The van der Waals surface area contributed by atoms with E-state index in [-0.39, 0.29) is 5.78 Å². The zero-order valence-corrected chi connectivity index (χ0v) is 13.9. The summed E-state index contributed by atoms with van der Waals surface area (Å²) in [6, 6.07) is 22.2. The lowest BCUT2D eigenvalue weighted by atomic mass is 10.0. The lowest BCUT2D eigenvalue weighted by Crippen LogP contribution is -2.10. The summed E-state index contributed by atoms with van der Waals surface area (Å²) in [5.74, 6) is 0.00850. The van der Waals surface area contributed by atoms with Crippen molar-refractivity contribution in [3.8, 4) is 0 Å². The average Bonchev–Trinajstić information content (AvgIpc) is 3.16. The quantitative estimate of drug-likeness (QED) is 0.503. The van der Waals surface area contributed by atoms with Crippen molar-refractivity contribution in [2.24, 2.45) is 4.99 Å². The molecule has 2 heterocycles. The number of nitrogens with zero attached hydrogens (tertiary/aromatic N) is 2. The predicted molar refractivity (Wildman–Crippen MR) is 102 cm³/mol. The van der Waals surface area contributed by atoms with E-state index in [1.54, 1.807) is 0 Å². The van der Waals surface area contributed by atoms with Crippen LogP contribution in [0.1, 0.15) is 22.8 Å². The number of para-hydroxylation sites is 2. The second kappa shape index (κ2) is 5.15. The summed E-state index contributed by atoms with van der Waals surface area (Å²) < 4.78 is 2.31. The molecule has 3 heteroatoms. The van der Waals surface area contributed by atoms with Crippen molar-refractivity contribution < 1.29 is 4.79 Å². The number of aromatic nitrogens is 1. The number of carbonyl (C=O) groups is 1. The largest absolute Gasteiger partial charge is 0.341 e. The first-order valence-corrected chi connectivity index (χ1v) is 8.51. The van der Waals surface area contributed by atoms with Crippen LogP contribution in [0, 0.1) is 0 Å². The third kappa shape index (κ3) is 1.92. The van der Waals surface area contributed by atoms with Crippen LogP contribution in [0.2, 0.25) is 0 Å². The molecule has 0 radical (unpaired) electrons. The monoisotopic (exact) mass is 324 g/mol. The third-order valence-corrected chi connectivity index (χ3v) is 4.96. The summed E-state index contributed by atoms with van der Waals surface area (Å²) in [5.41, 5.74) is 5.28. The van der Waals surface area contributed by atoms with Gasteiger partial charge >= 0.3 is 0 Å². The molecule has 0 amide bonds. The molecule has 3 aromatic carbocycles. The molecule has 0 unspecified atom stereocenters. The van der Waals surface area contributed by atoms with Crippen molar-refractivity contribution in [1.29, 1.82) is 0 Å². The summed E-state index contributed by atoms with van der Waals surface area (Å²) >= 11 is 0. The Bertz CT molecular complexity index is 1200. The van der Waals surface area contributed by atoms with Crippen LogP contribution >= 0.6 is 0 Å². The highest BCUT2D eigenvalue weighted by molar-refractivity contribution is 6.55. The van der Waals surface area contributed by atoms with Gasteiger partial charge in [-0.2, -0.15) is 0 Å². The highest BCUT2D eigenvalue weighted by Crippen LogP contribution is 2.33. The number of fused-ring (bicyclic) bond motifs is 4. The van der Waals surface area contributed by atoms with E-state index >= 15 is 0 Å². The molecule has 5 rings (SSSR count). The number of aliphatic imine (C=N–C) groups is 1. The normalized spacial score (nSPS) is 13.5. The Morgan fingerprint density at radius 3 is 2.48 bits per heavy atom.